The summed E-state index contributed by atoms with van der Waals surface area (Å²) in [6.45, 7) is 2.28. The summed E-state index contributed by atoms with van der Waals surface area (Å²) in [7, 11) is 0. The first-order valence-electron chi connectivity index (χ1n) is 5.39. The Balaban J connectivity index is 1.82. The third-order valence-electron chi connectivity index (χ3n) is 2.60. The highest BCUT2D eigenvalue weighted by atomic mass is 16.5. The van der Waals surface area contributed by atoms with Crippen LogP contribution in [-0.2, 0) is 11.3 Å². The summed E-state index contributed by atoms with van der Waals surface area (Å²) >= 11 is 0. The fourth-order valence-corrected chi connectivity index (χ4v) is 1.67. The third kappa shape index (κ3) is 2.91. The summed E-state index contributed by atoms with van der Waals surface area (Å²) in [5.74, 6) is 0.891. The number of hydrogen-bond acceptors (Lipinski definition) is 4. The molecular formula is C11H17N3O. The minimum absolute atomic E-state index is 0.348. The van der Waals surface area contributed by atoms with Gasteiger partial charge in [0.15, 0.2) is 0 Å². The Morgan fingerprint density at radius 2 is 2.47 bits per heavy atom. The molecule has 0 bridgehead atoms. The average molecular weight is 207 g/mol. The lowest BCUT2D eigenvalue weighted by molar-refractivity contribution is 0.120. The van der Waals surface area contributed by atoms with E-state index >= 15 is 0 Å². The number of anilines is 1. The average Bonchev–Trinajstić information content (AvgIpc) is 2.80. The first kappa shape index (κ1) is 10.4. The predicted octanol–water partition coefficient (Wildman–Crippen LogP) is 1.13. The predicted molar refractivity (Wildman–Crippen MR) is 59.6 cm³/mol. The molecule has 0 aliphatic carbocycles. The quantitative estimate of drug-likeness (QED) is 0.777. The van der Waals surface area contributed by atoms with Crippen LogP contribution in [0.15, 0.2) is 18.3 Å². The van der Waals surface area contributed by atoms with Crippen molar-refractivity contribution in [2.24, 2.45) is 5.73 Å². The van der Waals surface area contributed by atoms with Crippen LogP contribution in [0.3, 0.4) is 0 Å². The van der Waals surface area contributed by atoms with Gasteiger partial charge in [-0.25, -0.2) is 4.98 Å². The van der Waals surface area contributed by atoms with Crippen LogP contribution in [0, 0.1) is 0 Å². The van der Waals surface area contributed by atoms with Gasteiger partial charge in [-0.2, -0.15) is 0 Å². The van der Waals surface area contributed by atoms with Crippen molar-refractivity contribution in [2.75, 3.05) is 18.5 Å². The molecule has 2 heterocycles. The molecule has 1 aliphatic heterocycles. The molecule has 1 aromatic rings. The van der Waals surface area contributed by atoms with Gasteiger partial charge in [0.25, 0.3) is 0 Å². The number of nitrogens with two attached hydrogens (primary N) is 1. The molecule has 1 aromatic heterocycles. The van der Waals surface area contributed by atoms with E-state index in [0.717, 1.165) is 31.0 Å². The lowest BCUT2D eigenvalue weighted by Gasteiger charge is -2.11. The van der Waals surface area contributed by atoms with E-state index in [-0.39, 0.29) is 0 Å². The molecule has 1 unspecified atom stereocenters. The number of nitrogens with zero attached hydrogens (tertiary/aromatic N) is 1. The molecule has 1 fully saturated rings. The zero-order chi connectivity index (χ0) is 10.5. The number of nitrogens with one attached hydrogen (secondary N) is 1. The largest absolute Gasteiger partial charge is 0.376 e. The molecule has 1 atom stereocenters. The van der Waals surface area contributed by atoms with Crippen LogP contribution in [0.5, 0.6) is 0 Å². The summed E-state index contributed by atoms with van der Waals surface area (Å²) in [4.78, 5) is 4.26. The van der Waals surface area contributed by atoms with E-state index < -0.39 is 0 Å². The summed E-state index contributed by atoms with van der Waals surface area (Å²) in [6, 6.07) is 3.95. The zero-order valence-electron chi connectivity index (χ0n) is 8.78. The molecule has 0 radical (unpaired) electrons. The Kier molecular flexibility index (Phi) is 3.53. The Hall–Kier alpha value is -1.13. The molecule has 4 nitrogen and oxygen atoms in total. The van der Waals surface area contributed by atoms with Crippen molar-refractivity contribution in [1.82, 2.24) is 4.98 Å². The second-order valence-electron chi connectivity index (χ2n) is 3.77. The topological polar surface area (TPSA) is 60.2 Å². The first-order valence-corrected chi connectivity index (χ1v) is 5.39. The molecule has 0 saturated carbocycles. The van der Waals surface area contributed by atoms with Crippen molar-refractivity contribution in [3.05, 3.63) is 23.9 Å². The fourth-order valence-electron chi connectivity index (χ4n) is 1.67. The van der Waals surface area contributed by atoms with Crippen molar-refractivity contribution in [1.29, 1.82) is 0 Å². The van der Waals surface area contributed by atoms with Crippen LogP contribution >= 0.6 is 0 Å². The van der Waals surface area contributed by atoms with Gasteiger partial charge in [-0.1, -0.05) is 6.07 Å². The number of ether oxygens (including phenoxy) is 1. The van der Waals surface area contributed by atoms with Crippen molar-refractivity contribution in [2.45, 2.75) is 25.5 Å². The van der Waals surface area contributed by atoms with E-state index in [1.54, 1.807) is 6.20 Å². The van der Waals surface area contributed by atoms with Gasteiger partial charge < -0.3 is 15.8 Å². The van der Waals surface area contributed by atoms with Crippen molar-refractivity contribution < 1.29 is 4.74 Å². The molecular weight excluding hydrogens is 190 g/mol. The molecule has 1 aliphatic rings. The Morgan fingerprint density at radius 1 is 1.53 bits per heavy atom. The van der Waals surface area contributed by atoms with E-state index in [1.165, 1.54) is 6.42 Å². The van der Waals surface area contributed by atoms with Crippen LogP contribution in [0.2, 0.25) is 0 Å². The molecule has 82 valence electrons. The Bertz CT molecular complexity index is 293. The second kappa shape index (κ2) is 5.09. The molecule has 0 aromatic carbocycles. The number of rotatable bonds is 4. The van der Waals surface area contributed by atoms with Crippen LogP contribution in [0.1, 0.15) is 18.4 Å². The SMILES string of the molecule is NCc1ccc(NCC2CCCO2)nc1. The molecule has 0 amide bonds. The summed E-state index contributed by atoms with van der Waals surface area (Å²) < 4.78 is 5.51. The van der Waals surface area contributed by atoms with Gasteiger partial charge in [-0.3, -0.25) is 0 Å². The maximum atomic E-state index is 5.51. The summed E-state index contributed by atoms with van der Waals surface area (Å²) in [6.07, 6.45) is 4.47. The minimum atomic E-state index is 0.348. The van der Waals surface area contributed by atoms with Gasteiger partial charge in [0.05, 0.1) is 6.10 Å². The van der Waals surface area contributed by atoms with Crippen molar-refractivity contribution >= 4 is 5.82 Å². The maximum Gasteiger partial charge on any atom is 0.125 e. The van der Waals surface area contributed by atoms with Crippen molar-refractivity contribution in [3.63, 3.8) is 0 Å². The van der Waals surface area contributed by atoms with Gasteiger partial charge >= 0.3 is 0 Å². The molecule has 15 heavy (non-hydrogen) atoms. The van der Waals surface area contributed by atoms with Gasteiger partial charge in [0.1, 0.15) is 5.82 Å². The van der Waals surface area contributed by atoms with Gasteiger partial charge in [0, 0.05) is 25.9 Å². The highest BCUT2D eigenvalue weighted by Crippen LogP contribution is 2.12. The Labute approximate surface area is 89.8 Å². The van der Waals surface area contributed by atoms with E-state index in [9.17, 15) is 0 Å². The maximum absolute atomic E-state index is 5.51. The van der Waals surface area contributed by atoms with Gasteiger partial charge in [0.2, 0.25) is 0 Å². The Morgan fingerprint density at radius 3 is 3.07 bits per heavy atom. The van der Waals surface area contributed by atoms with Crippen LogP contribution in [0.25, 0.3) is 0 Å². The molecule has 4 heteroatoms. The number of hydrogen-bond donors (Lipinski definition) is 2. The molecule has 1 saturated heterocycles. The van der Waals surface area contributed by atoms with Gasteiger partial charge in [-0.15, -0.1) is 0 Å². The normalized spacial score (nSPS) is 20.5. The second-order valence-corrected chi connectivity index (χ2v) is 3.77. The van der Waals surface area contributed by atoms with E-state index in [4.69, 9.17) is 10.5 Å². The molecule has 3 N–H and O–H groups in total. The number of aromatic nitrogens is 1. The summed E-state index contributed by atoms with van der Waals surface area (Å²) in [5, 5.41) is 3.26. The van der Waals surface area contributed by atoms with Crippen LogP contribution < -0.4 is 11.1 Å². The number of pyridine rings is 1. The fraction of sp³-hybridized carbons (Fsp3) is 0.545. The van der Waals surface area contributed by atoms with Crippen LogP contribution in [-0.4, -0.2) is 24.2 Å². The minimum Gasteiger partial charge on any atom is -0.376 e. The first-order chi connectivity index (χ1) is 7.38. The lowest BCUT2D eigenvalue weighted by atomic mass is 10.2. The monoisotopic (exact) mass is 207 g/mol. The standard InChI is InChI=1S/C11H17N3O/c12-6-9-3-4-11(13-7-9)14-8-10-2-1-5-15-10/h3-4,7,10H,1-2,5-6,8,12H2,(H,13,14). The highest BCUT2D eigenvalue weighted by molar-refractivity contribution is 5.35. The van der Waals surface area contributed by atoms with E-state index in [1.807, 2.05) is 12.1 Å². The smallest absolute Gasteiger partial charge is 0.125 e. The third-order valence-corrected chi connectivity index (χ3v) is 2.60. The van der Waals surface area contributed by atoms with Crippen molar-refractivity contribution in [3.8, 4) is 0 Å². The van der Waals surface area contributed by atoms with Gasteiger partial charge in [-0.05, 0) is 24.5 Å². The van der Waals surface area contributed by atoms with E-state index in [2.05, 4.69) is 10.3 Å². The summed E-state index contributed by atoms with van der Waals surface area (Å²) in [5.41, 5.74) is 6.55. The zero-order valence-corrected chi connectivity index (χ0v) is 8.78. The van der Waals surface area contributed by atoms with Crippen LogP contribution in [0.4, 0.5) is 5.82 Å². The lowest BCUT2D eigenvalue weighted by Crippen LogP contribution is -2.18. The van der Waals surface area contributed by atoms with E-state index in [0.29, 0.717) is 12.6 Å². The highest BCUT2D eigenvalue weighted by Gasteiger charge is 2.14. The molecule has 2 rings (SSSR count). The molecule has 0 spiro atoms.